The summed E-state index contributed by atoms with van der Waals surface area (Å²) in [6.45, 7) is 8.94. The van der Waals surface area contributed by atoms with E-state index >= 15 is 0 Å². The van der Waals surface area contributed by atoms with E-state index in [1.807, 2.05) is 58.0 Å². The minimum atomic E-state index is 0.224. The van der Waals surface area contributed by atoms with Crippen molar-refractivity contribution in [3.05, 3.63) is 60.6 Å². The number of phenols is 1. The fourth-order valence-corrected chi connectivity index (χ4v) is 3.65. The fraction of sp³-hybridized carbons (Fsp3) is 0.292. The lowest BCUT2D eigenvalue weighted by Crippen LogP contribution is -1.94. The Balaban J connectivity index is 0.000000568. The summed E-state index contributed by atoms with van der Waals surface area (Å²) < 4.78 is 2.10. The van der Waals surface area contributed by atoms with E-state index in [-0.39, 0.29) is 5.75 Å². The van der Waals surface area contributed by atoms with Gasteiger partial charge in [-0.05, 0) is 48.7 Å². The molecule has 5 nitrogen and oxygen atoms in total. The summed E-state index contributed by atoms with van der Waals surface area (Å²) in [4.78, 5) is 8.92. The predicted octanol–water partition coefficient (Wildman–Crippen LogP) is 5.86. The minimum Gasteiger partial charge on any atom is -0.508 e. The van der Waals surface area contributed by atoms with Crippen molar-refractivity contribution < 1.29 is 5.11 Å². The van der Waals surface area contributed by atoms with Crippen LogP contribution in [0.1, 0.15) is 39.8 Å². The SMILES string of the molecule is CC.CC.Oc1ccc2c(-c3c(-c4ccccn4)nn4c3CCC4)ccnc2c1. The topological polar surface area (TPSA) is 63.8 Å². The monoisotopic (exact) mass is 388 g/mol. The summed E-state index contributed by atoms with van der Waals surface area (Å²) in [6, 6.07) is 13.3. The van der Waals surface area contributed by atoms with E-state index in [4.69, 9.17) is 5.10 Å². The van der Waals surface area contributed by atoms with Gasteiger partial charge in [0, 0.05) is 41.6 Å². The first kappa shape index (κ1) is 20.5. The molecule has 0 fully saturated rings. The van der Waals surface area contributed by atoms with Gasteiger partial charge in [-0.25, -0.2) is 0 Å². The second kappa shape index (κ2) is 9.32. The number of hydrogen-bond donors (Lipinski definition) is 1. The zero-order valence-electron chi connectivity index (χ0n) is 17.6. The van der Waals surface area contributed by atoms with Crippen LogP contribution in [0.25, 0.3) is 33.4 Å². The van der Waals surface area contributed by atoms with Gasteiger partial charge in [-0.15, -0.1) is 0 Å². The Morgan fingerprint density at radius 3 is 2.52 bits per heavy atom. The molecule has 1 N–H and O–H groups in total. The van der Waals surface area contributed by atoms with Crippen molar-refractivity contribution >= 4 is 10.9 Å². The van der Waals surface area contributed by atoms with Gasteiger partial charge in [-0.3, -0.25) is 14.6 Å². The normalized spacial score (nSPS) is 11.9. The van der Waals surface area contributed by atoms with Gasteiger partial charge in [0.2, 0.25) is 0 Å². The zero-order valence-corrected chi connectivity index (χ0v) is 17.6. The molecule has 1 aliphatic rings. The molecule has 0 amide bonds. The van der Waals surface area contributed by atoms with Crippen molar-refractivity contribution in [1.82, 2.24) is 19.7 Å². The fourth-order valence-electron chi connectivity index (χ4n) is 3.65. The number of aryl methyl sites for hydroxylation is 1. The summed E-state index contributed by atoms with van der Waals surface area (Å²) in [6.07, 6.45) is 5.71. The second-order valence-corrected chi connectivity index (χ2v) is 6.27. The van der Waals surface area contributed by atoms with Crippen LogP contribution in [-0.4, -0.2) is 24.9 Å². The molecule has 1 aliphatic heterocycles. The Labute approximate surface area is 172 Å². The molecular weight excluding hydrogens is 360 g/mol. The van der Waals surface area contributed by atoms with E-state index < -0.39 is 0 Å². The summed E-state index contributed by atoms with van der Waals surface area (Å²) in [5, 5.41) is 15.6. The lowest BCUT2D eigenvalue weighted by molar-refractivity contribution is 0.476. The maximum absolute atomic E-state index is 9.77. The van der Waals surface area contributed by atoms with Crippen LogP contribution in [0.3, 0.4) is 0 Å². The maximum atomic E-state index is 9.77. The van der Waals surface area contributed by atoms with Gasteiger partial charge in [0.25, 0.3) is 0 Å². The van der Waals surface area contributed by atoms with E-state index in [1.165, 1.54) is 5.69 Å². The summed E-state index contributed by atoms with van der Waals surface area (Å²) >= 11 is 0. The molecule has 0 bridgehead atoms. The van der Waals surface area contributed by atoms with Crippen molar-refractivity contribution in [3.8, 4) is 28.3 Å². The van der Waals surface area contributed by atoms with Gasteiger partial charge >= 0.3 is 0 Å². The highest BCUT2D eigenvalue weighted by Crippen LogP contribution is 2.39. The van der Waals surface area contributed by atoms with Crippen LogP contribution in [-0.2, 0) is 13.0 Å². The molecule has 0 atom stereocenters. The van der Waals surface area contributed by atoms with Crippen LogP contribution in [0.2, 0.25) is 0 Å². The van der Waals surface area contributed by atoms with Crippen molar-refractivity contribution in [2.75, 3.05) is 0 Å². The van der Waals surface area contributed by atoms with Crippen molar-refractivity contribution in [3.63, 3.8) is 0 Å². The highest BCUT2D eigenvalue weighted by molar-refractivity contribution is 5.99. The third-order valence-corrected chi connectivity index (χ3v) is 4.74. The number of hydrogen-bond acceptors (Lipinski definition) is 4. The molecule has 1 aromatic carbocycles. The molecular formula is C24H28N4O. The molecule has 0 saturated carbocycles. The molecule has 3 aromatic heterocycles. The number of rotatable bonds is 2. The number of phenolic OH excluding ortho intramolecular Hbond substituents is 1. The first-order chi connectivity index (χ1) is 14.3. The van der Waals surface area contributed by atoms with E-state index in [0.29, 0.717) is 0 Å². The molecule has 5 rings (SSSR count). The molecule has 0 unspecified atom stereocenters. The number of nitrogens with zero attached hydrogens (tertiary/aromatic N) is 4. The Hall–Kier alpha value is -3.21. The summed E-state index contributed by atoms with van der Waals surface area (Å²) in [7, 11) is 0. The number of aromatic hydroxyl groups is 1. The molecule has 0 aliphatic carbocycles. The van der Waals surface area contributed by atoms with Gasteiger partial charge in [-0.1, -0.05) is 33.8 Å². The average molecular weight is 389 g/mol. The van der Waals surface area contributed by atoms with Gasteiger partial charge < -0.3 is 5.11 Å². The van der Waals surface area contributed by atoms with Crippen LogP contribution in [0.4, 0.5) is 0 Å². The number of aromatic nitrogens is 4. The molecule has 4 heterocycles. The average Bonchev–Trinajstić information content (AvgIpc) is 3.38. The second-order valence-electron chi connectivity index (χ2n) is 6.27. The van der Waals surface area contributed by atoms with Crippen LogP contribution < -0.4 is 0 Å². The predicted molar refractivity (Wildman–Crippen MR) is 119 cm³/mol. The molecule has 0 spiro atoms. The van der Waals surface area contributed by atoms with E-state index in [1.54, 1.807) is 24.5 Å². The van der Waals surface area contributed by atoms with Crippen molar-refractivity contribution in [1.29, 1.82) is 0 Å². The van der Waals surface area contributed by atoms with Crippen LogP contribution in [0.5, 0.6) is 5.75 Å². The number of benzene rings is 1. The van der Waals surface area contributed by atoms with E-state index in [2.05, 4.69) is 14.6 Å². The summed E-state index contributed by atoms with van der Waals surface area (Å²) in [5.41, 5.74) is 6.05. The highest BCUT2D eigenvalue weighted by Gasteiger charge is 2.25. The molecule has 4 aromatic rings. The van der Waals surface area contributed by atoms with Gasteiger partial charge in [-0.2, -0.15) is 5.10 Å². The van der Waals surface area contributed by atoms with Gasteiger partial charge in [0.1, 0.15) is 11.4 Å². The van der Waals surface area contributed by atoms with Crippen LogP contribution >= 0.6 is 0 Å². The molecule has 29 heavy (non-hydrogen) atoms. The van der Waals surface area contributed by atoms with E-state index in [0.717, 1.165) is 52.8 Å². The highest BCUT2D eigenvalue weighted by atomic mass is 16.3. The quantitative estimate of drug-likeness (QED) is 0.467. The zero-order chi connectivity index (χ0) is 20.8. The largest absolute Gasteiger partial charge is 0.508 e. The van der Waals surface area contributed by atoms with Crippen molar-refractivity contribution in [2.45, 2.75) is 47.1 Å². The van der Waals surface area contributed by atoms with Gasteiger partial charge in [0.15, 0.2) is 0 Å². The Kier molecular flexibility index (Phi) is 6.60. The third kappa shape index (κ3) is 3.86. The first-order valence-electron chi connectivity index (χ1n) is 10.4. The standard InChI is InChI=1S/C20H16N4O.2C2H6/c25-13-6-7-14-15(8-10-22-17(14)12-13)19-18-5-3-11-24(18)23-20(19)16-4-1-2-9-21-16;2*1-2/h1-2,4,6-10,12,25H,3,5,11H2;2*1-2H3. The molecule has 0 saturated heterocycles. The van der Waals surface area contributed by atoms with Gasteiger partial charge in [0.05, 0.1) is 11.2 Å². The smallest absolute Gasteiger partial charge is 0.119 e. The Morgan fingerprint density at radius 2 is 1.76 bits per heavy atom. The number of fused-ring (bicyclic) bond motifs is 2. The van der Waals surface area contributed by atoms with Crippen LogP contribution in [0, 0.1) is 0 Å². The van der Waals surface area contributed by atoms with Crippen molar-refractivity contribution in [2.24, 2.45) is 0 Å². The first-order valence-corrected chi connectivity index (χ1v) is 10.4. The van der Waals surface area contributed by atoms with E-state index in [9.17, 15) is 5.11 Å². The lowest BCUT2D eigenvalue weighted by atomic mass is 9.96. The Bertz CT molecular complexity index is 1090. The summed E-state index contributed by atoms with van der Waals surface area (Å²) in [5.74, 6) is 0.224. The number of pyridine rings is 2. The molecule has 0 radical (unpaired) electrons. The minimum absolute atomic E-state index is 0.224. The lowest BCUT2D eigenvalue weighted by Gasteiger charge is -2.09. The maximum Gasteiger partial charge on any atom is 0.119 e. The van der Waals surface area contributed by atoms with Crippen LogP contribution in [0.15, 0.2) is 54.9 Å². The third-order valence-electron chi connectivity index (χ3n) is 4.74. The molecule has 150 valence electrons. The Morgan fingerprint density at radius 1 is 0.931 bits per heavy atom. The molecule has 5 heteroatoms.